The van der Waals surface area contributed by atoms with Crippen LogP contribution in [-0.4, -0.2) is 32.9 Å². The average Bonchev–Trinajstić information content (AvgIpc) is 2.64. The summed E-state index contributed by atoms with van der Waals surface area (Å²) in [7, 11) is -3.85. The van der Waals surface area contributed by atoms with Crippen molar-refractivity contribution < 1.29 is 22.7 Å². The summed E-state index contributed by atoms with van der Waals surface area (Å²) in [5, 5.41) is 2.63. The van der Waals surface area contributed by atoms with Gasteiger partial charge < -0.3 is 10.1 Å². The summed E-state index contributed by atoms with van der Waals surface area (Å²) in [6, 6.07) is 11.8. The minimum absolute atomic E-state index is 0.0635. The van der Waals surface area contributed by atoms with Gasteiger partial charge in [0.05, 0.1) is 4.90 Å². The molecule has 0 spiro atoms. The number of nitrogens with one attached hydrogen (secondary N) is 2. The lowest BCUT2D eigenvalue weighted by molar-refractivity contribution is -0.151. The molecule has 0 saturated carbocycles. The Morgan fingerprint density at radius 1 is 1.00 bits per heavy atom. The highest BCUT2D eigenvalue weighted by atomic mass is 32.2. The highest BCUT2D eigenvalue weighted by Crippen LogP contribution is 2.14. The molecule has 150 valence electrons. The smallest absolute Gasteiger partial charge is 0.321 e. The summed E-state index contributed by atoms with van der Waals surface area (Å²) in [4.78, 5) is 24.1. The predicted molar refractivity (Wildman–Crippen MR) is 106 cm³/mol. The SMILES string of the molecule is Cc1ccc(NC(=O)[C@@H](C)OC(=O)CNS(=O)(=O)c2ccc(C)c(C)c2)cc1. The topological polar surface area (TPSA) is 102 Å². The Bertz CT molecular complexity index is 969. The number of aryl methyl sites for hydroxylation is 3. The van der Waals surface area contributed by atoms with Crippen LogP contribution in [0, 0.1) is 20.8 Å². The minimum atomic E-state index is -3.85. The van der Waals surface area contributed by atoms with Crippen molar-refractivity contribution in [2.45, 2.75) is 38.7 Å². The number of esters is 1. The third-order valence-electron chi connectivity index (χ3n) is 4.19. The van der Waals surface area contributed by atoms with Gasteiger partial charge in [-0.2, -0.15) is 4.72 Å². The fraction of sp³-hybridized carbons (Fsp3) is 0.300. The van der Waals surface area contributed by atoms with Crippen molar-refractivity contribution in [2.24, 2.45) is 0 Å². The number of ether oxygens (including phenoxy) is 1. The van der Waals surface area contributed by atoms with Crippen LogP contribution in [0.25, 0.3) is 0 Å². The van der Waals surface area contributed by atoms with Crippen LogP contribution in [-0.2, 0) is 24.3 Å². The van der Waals surface area contributed by atoms with Gasteiger partial charge >= 0.3 is 5.97 Å². The molecule has 0 unspecified atom stereocenters. The van der Waals surface area contributed by atoms with Crippen molar-refractivity contribution in [1.82, 2.24) is 4.72 Å². The van der Waals surface area contributed by atoms with E-state index in [-0.39, 0.29) is 4.90 Å². The molecule has 0 fully saturated rings. The Morgan fingerprint density at radius 3 is 2.25 bits per heavy atom. The summed E-state index contributed by atoms with van der Waals surface area (Å²) >= 11 is 0. The minimum Gasteiger partial charge on any atom is -0.452 e. The van der Waals surface area contributed by atoms with Gasteiger partial charge in [0.15, 0.2) is 6.10 Å². The number of sulfonamides is 1. The number of anilines is 1. The monoisotopic (exact) mass is 404 g/mol. The summed E-state index contributed by atoms with van der Waals surface area (Å²) in [5.74, 6) is -1.35. The molecule has 1 atom stereocenters. The zero-order chi connectivity index (χ0) is 20.9. The molecule has 8 heteroatoms. The zero-order valence-corrected chi connectivity index (χ0v) is 17.1. The quantitative estimate of drug-likeness (QED) is 0.690. The molecule has 0 aliphatic rings. The van der Waals surface area contributed by atoms with Crippen molar-refractivity contribution in [2.75, 3.05) is 11.9 Å². The normalized spacial score (nSPS) is 12.3. The van der Waals surface area contributed by atoms with E-state index in [2.05, 4.69) is 10.0 Å². The van der Waals surface area contributed by atoms with Crippen LogP contribution in [0.2, 0.25) is 0 Å². The Balaban J connectivity index is 1.89. The zero-order valence-electron chi connectivity index (χ0n) is 16.3. The van der Waals surface area contributed by atoms with E-state index in [1.54, 1.807) is 25.1 Å². The molecule has 0 radical (unpaired) electrons. The lowest BCUT2D eigenvalue weighted by Gasteiger charge is -2.14. The molecule has 0 aliphatic carbocycles. The van der Waals surface area contributed by atoms with E-state index in [0.29, 0.717) is 5.69 Å². The number of carbonyl (C=O) groups is 2. The second-order valence-electron chi connectivity index (χ2n) is 6.56. The third kappa shape index (κ3) is 5.90. The van der Waals surface area contributed by atoms with Crippen molar-refractivity contribution >= 4 is 27.6 Å². The highest BCUT2D eigenvalue weighted by molar-refractivity contribution is 7.89. The van der Waals surface area contributed by atoms with Gasteiger partial charge in [-0.25, -0.2) is 8.42 Å². The van der Waals surface area contributed by atoms with Gasteiger partial charge in [0.25, 0.3) is 5.91 Å². The Labute approximate surface area is 165 Å². The second-order valence-corrected chi connectivity index (χ2v) is 8.32. The van der Waals surface area contributed by atoms with E-state index < -0.39 is 34.5 Å². The largest absolute Gasteiger partial charge is 0.452 e. The van der Waals surface area contributed by atoms with Crippen LogP contribution in [0.3, 0.4) is 0 Å². The number of rotatable bonds is 7. The molecule has 28 heavy (non-hydrogen) atoms. The van der Waals surface area contributed by atoms with E-state index in [4.69, 9.17) is 4.74 Å². The molecular weight excluding hydrogens is 380 g/mol. The molecular formula is C20H24N2O5S. The Hall–Kier alpha value is -2.71. The van der Waals surface area contributed by atoms with E-state index in [0.717, 1.165) is 16.7 Å². The Morgan fingerprint density at radius 2 is 1.64 bits per heavy atom. The van der Waals surface area contributed by atoms with Crippen LogP contribution in [0.1, 0.15) is 23.6 Å². The third-order valence-corrected chi connectivity index (χ3v) is 5.59. The number of carbonyl (C=O) groups excluding carboxylic acids is 2. The molecule has 7 nitrogen and oxygen atoms in total. The molecule has 1 amide bonds. The van der Waals surface area contributed by atoms with Crippen LogP contribution in [0.5, 0.6) is 0 Å². The summed E-state index contributed by atoms with van der Waals surface area (Å²) in [6.45, 7) is 6.45. The van der Waals surface area contributed by atoms with Gasteiger partial charge in [-0.3, -0.25) is 9.59 Å². The molecule has 0 aliphatic heterocycles. The predicted octanol–water partition coefficient (Wildman–Crippen LogP) is 2.46. The Kier molecular flexibility index (Phi) is 6.93. The standard InChI is InChI=1S/C20H24N2O5S/c1-13-5-8-17(9-6-13)22-20(24)16(4)27-19(23)12-21-28(25,26)18-10-7-14(2)15(3)11-18/h5-11,16,21H,12H2,1-4H3,(H,22,24)/t16-/m1/s1. The molecule has 2 N–H and O–H groups in total. The first-order valence-corrected chi connectivity index (χ1v) is 10.2. The summed E-state index contributed by atoms with van der Waals surface area (Å²) in [5.41, 5.74) is 3.42. The van der Waals surface area contributed by atoms with E-state index in [1.807, 2.05) is 26.0 Å². The van der Waals surface area contributed by atoms with Crippen molar-refractivity contribution in [3.8, 4) is 0 Å². The van der Waals surface area contributed by atoms with Crippen LogP contribution >= 0.6 is 0 Å². The lowest BCUT2D eigenvalue weighted by Crippen LogP contribution is -2.35. The number of benzene rings is 2. The maximum Gasteiger partial charge on any atom is 0.321 e. The van der Waals surface area contributed by atoms with Crippen LogP contribution in [0.4, 0.5) is 5.69 Å². The number of amides is 1. The van der Waals surface area contributed by atoms with Gasteiger partial charge in [0, 0.05) is 5.69 Å². The van der Waals surface area contributed by atoms with Crippen LogP contribution in [0.15, 0.2) is 47.4 Å². The molecule has 0 heterocycles. The molecule has 2 aromatic carbocycles. The number of hydrogen-bond donors (Lipinski definition) is 2. The van der Waals surface area contributed by atoms with E-state index in [9.17, 15) is 18.0 Å². The average molecular weight is 404 g/mol. The molecule has 0 bridgehead atoms. The lowest BCUT2D eigenvalue weighted by atomic mass is 10.1. The van der Waals surface area contributed by atoms with Crippen LogP contribution < -0.4 is 10.0 Å². The maximum absolute atomic E-state index is 12.3. The van der Waals surface area contributed by atoms with Gasteiger partial charge in [-0.1, -0.05) is 23.8 Å². The summed E-state index contributed by atoms with van der Waals surface area (Å²) in [6.07, 6.45) is -1.07. The van der Waals surface area contributed by atoms with Gasteiger partial charge in [0.1, 0.15) is 6.54 Å². The first kappa shape index (κ1) is 21.6. The molecule has 2 rings (SSSR count). The second kappa shape index (κ2) is 8.99. The fourth-order valence-electron chi connectivity index (χ4n) is 2.29. The van der Waals surface area contributed by atoms with Gasteiger partial charge in [-0.05, 0) is 63.1 Å². The van der Waals surface area contributed by atoms with Gasteiger partial charge in [-0.15, -0.1) is 0 Å². The number of hydrogen-bond acceptors (Lipinski definition) is 5. The van der Waals surface area contributed by atoms with Crippen molar-refractivity contribution in [1.29, 1.82) is 0 Å². The molecule has 0 aromatic heterocycles. The molecule has 2 aromatic rings. The van der Waals surface area contributed by atoms with Gasteiger partial charge in [0.2, 0.25) is 10.0 Å². The summed E-state index contributed by atoms with van der Waals surface area (Å²) < 4.78 is 31.8. The fourth-order valence-corrected chi connectivity index (χ4v) is 3.35. The van der Waals surface area contributed by atoms with E-state index >= 15 is 0 Å². The maximum atomic E-state index is 12.3. The van der Waals surface area contributed by atoms with Crippen molar-refractivity contribution in [3.05, 3.63) is 59.2 Å². The first-order valence-electron chi connectivity index (χ1n) is 8.72. The first-order chi connectivity index (χ1) is 13.1. The highest BCUT2D eigenvalue weighted by Gasteiger charge is 2.21. The van der Waals surface area contributed by atoms with Crippen molar-refractivity contribution in [3.63, 3.8) is 0 Å². The molecule has 0 saturated heterocycles. The van der Waals surface area contributed by atoms with E-state index in [1.165, 1.54) is 19.1 Å².